The number of rotatable bonds is 8. The molecule has 0 spiro atoms. The second-order valence-electron chi connectivity index (χ2n) is 6.95. The van der Waals surface area contributed by atoms with Crippen molar-refractivity contribution >= 4 is 11.9 Å². The van der Waals surface area contributed by atoms with Crippen LogP contribution in [0, 0.1) is 0 Å². The third kappa shape index (κ3) is 5.84. The SMILES string of the molecule is O=C([O-])C[C@H](NC(=O)Cc1ccccc1)c1ccc(OC2CCCC2)cc1. The van der Waals surface area contributed by atoms with Gasteiger partial charge >= 0.3 is 0 Å². The van der Waals surface area contributed by atoms with Crippen LogP contribution in [0.25, 0.3) is 0 Å². The number of carboxylic acids is 1. The Morgan fingerprint density at radius 2 is 1.70 bits per heavy atom. The molecule has 5 nitrogen and oxygen atoms in total. The summed E-state index contributed by atoms with van der Waals surface area (Å²) in [6.45, 7) is 0. The molecule has 1 atom stereocenters. The van der Waals surface area contributed by atoms with Crippen LogP contribution < -0.4 is 15.2 Å². The van der Waals surface area contributed by atoms with Crippen molar-refractivity contribution in [2.45, 2.75) is 50.7 Å². The van der Waals surface area contributed by atoms with E-state index in [2.05, 4.69) is 5.32 Å². The predicted octanol–water partition coefficient (Wildman–Crippen LogP) is 2.55. The maximum Gasteiger partial charge on any atom is 0.224 e. The Bertz CT molecular complexity index is 752. The van der Waals surface area contributed by atoms with Crippen molar-refractivity contribution in [2.24, 2.45) is 0 Å². The zero-order valence-corrected chi connectivity index (χ0v) is 15.2. The highest BCUT2D eigenvalue weighted by Gasteiger charge is 2.18. The van der Waals surface area contributed by atoms with Gasteiger partial charge in [-0.3, -0.25) is 4.79 Å². The Labute approximate surface area is 159 Å². The van der Waals surface area contributed by atoms with Gasteiger partial charge in [-0.25, -0.2) is 0 Å². The average molecular weight is 366 g/mol. The molecule has 1 N–H and O–H groups in total. The van der Waals surface area contributed by atoms with Crippen molar-refractivity contribution in [3.05, 3.63) is 65.7 Å². The number of ether oxygens (including phenoxy) is 1. The Morgan fingerprint density at radius 3 is 2.33 bits per heavy atom. The number of carboxylic acid groups (broad SMARTS) is 1. The van der Waals surface area contributed by atoms with Crippen LogP contribution in [0.15, 0.2) is 54.6 Å². The largest absolute Gasteiger partial charge is 0.550 e. The molecule has 1 saturated carbocycles. The fraction of sp³-hybridized carbons (Fsp3) is 0.364. The van der Waals surface area contributed by atoms with Crippen LogP contribution in [-0.4, -0.2) is 18.0 Å². The first-order chi connectivity index (χ1) is 13.1. The average Bonchev–Trinajstić information content (AvgIpc) is 3.15. The van der Waals surface area contributed by atoms with E-state index in [9.17, 15) is 14.7 Å². The minimum atomic E-state index is -1.20. The van der Waals surface area contributed by atoms with Crippen LogP contribution in [0.3, 0.4) is 0 Å². The lowest BCUT2D eigenvalue weighted by atomic mass is 10.0. The van der Waals surface area contributed by atoms with Gasteiger partial charge in [-0.2, -0.15) is 0 Å². The number of aliphatic carboxylic acids is 1. The van der Waals surface area contributed by atoms with Crippen LogP contribution in [0.5, 0.6) is 5.75 Å². The quantitative estimate of drug-likeness (QED) is 0.779. The lowest BCUT2D eigenvalue weighted by Crippen LogP contribution is -2.35. The van der Waals surface area contributed by atoms with Crippen LogP contribution in [0.2, 0.25) is 0 Å². The number of carbonyl (C=O) groups is 2. The summed E-state index contributed by atoms with van der Waals surface area (Å²) in [5.74, 6) is -0.654. The van der Waals surface area contributed by atoms with Gasteiger partial charge in [-0.05, 0) is 48.9 Å². The van der Waals surface area contributed by atoms with E-state index in [1.165, 1.54) is 12.8 Å². The molecule has 0 heterocycles. The number of hydrogen-bond acceptors (Lipinski definition) is 4. The fourth-order valence-corrected chi connectivity index (χ4v) is 3.42. The number of carbonyl (C=O) groups excluding carboxylic acids is 2. The van der Waals surface area contributed by atoms with Crippen molar-refractivity contribution in [3.8, 4) is 5.75 Å². The van der Waals surface area contributed by atoms with Crippen molar-refractivity contribution < 1.29 is 19.4 Å². The Morgan fingerprint density at radius 1 is 1.04 bits per heavy atom. The van der Waals surface area contributed by atoms with E-state index >= 15 is 0 Å². The maximum atomic E-state index is 12.3. The summed E-state index contributed by atoms with van der Waals surface area (Å²) in [4.78, 5) is 23.5. The normalized spacial score (nSPS) is 15.3. The summed E-state index contributed by atoms with van der Waals surface area (Å²) in [6, 6.07) is 16.0. The Balaban J connectivity index is 1.64. The molecule has 0 bridgehead atoms. The summed E-state index contributed by atoms with van der Waals surface area (Å²) in [5.41, 5.74) is 1.60. The molecule has 2 aromatic rings. The summed E-state index contributed by atoms with van der Waals surface area (Å²) in [6.07, 6.45) is 4.74. The second kappa shape index (κ2) is 9.21. The molecule has 2 aromatic carbocycles. The zero-order valence-electron chi connectivity index (χ0n) is 15.2. The fourth-order valence-electron chi connectivity index (χ4n) is 3.42. The first-order valence-corrected chi connectivity index (χ1v) is 9.40. The summed E-state index contributed by atoms with van der Waals surface area (Å²) < 4.78 is 5.94. The lowest BCUT2D eigenvalue weighted by Gasteiger charge is -2.21. The van der Waals surface area contributed by atoms with Gasteiger partial charge in [0, 0.05) is 12.4 Å². The van der Waals surface area contributed by atoms with Crippen LogP contribution in [0.4, 0.5) is 0 Å². The first kappa shape index (κ1) is 19.0. The van der Waals surface area contributed by atoms with Crippen molar-refractivity contribution in [1.29, 1.82) is 0 Å². The van der Waals surface area contributed by atoms with Gasteiger partial charge in [0.15, 0.2) is 0 Å². The van der Waals surface area contributed by atoms with Crippen molar-refractivity contribution in [2.75, 3.05) is 0 Å². The van der Waals surface area contributed by atoms with Crippen molar-refractivity contribution in [1.82, 2.24) is 5.32 Å². The van der Waals surface area contributed by atoms with E-state index in [1.54, 1.807) is 12.1 Å². The lowest BCUT2D eigenvalue weighted by molar-refractivity contribution is -0.306. The van der Waals surface area contributed by atoms with E-state index in [1.807, 2.05) is 42.5 Å². The summed E-state index contributed by atoms with van der Waals surface area (Å²) in [7, 11) is 0. The highest BCUT2D eigenvalue weighted by molar-refractivity contribution is 5.79. The Hall–Kier alpha value is -2.82. The molecule has 27 heavy (non-hydrogen) atoms. The number of amides is 1. The predicted molar refractivity (Wildman–Crippen MR) is 100.0 cm³/mol. The molecule has 5 heteroatoms. The first-order valence-electron chi connectivity index (χ1n) is 9.40. The molecule has 1 aliphatic carbocycles. The smallest absolute Gasteiger partial charge is 0.224 e. The minimum absolute atomic E-state index is 0.202. The zero-order chi connectivity index (χ0) is 19.1. The number of nitrogens with one attached hydrogen (secondary N) is 1. The van der Waals surface area contributed by atoms with Crippen molar-refractivity contribution in [3.63, 3.8) is 0 Å². The third-order valence-corrected chi connectivity index (χ3v) is 4.80. The third-order valence-electron chi connectivity index (χ3n) is 4.80. The molecule has 1 aliphatic rings. The van der Waals surface area contributed by atoms with E-state index < -0.39 is 12.0 Å². The molecule has 0 aliphatic heterocycles. The van der Waals surface area contributed by atoms with E-state index in [0.717, 1.165) is 29.7 Å². The standard InChI is InChI=1S/C22H25NO4/c24-21(14-16-6-2-1-3-7-16)23-20(15-22(25)26)17-10-12-19(13-11-17)27-18-8-4-5-9-18/h1-3,6-7,10-13,18,20H,4-5,8-9,14-15H2,(H,23,24)(H,25,26)/p-1/t20-/m0/s1. The monoisotopic (exact) mass is 366 g/mol. The maximum absolute atomic E-state index is 12.3. The summed E-state index contributed by atoms with van der Waals surface area (Å²) >= 11 is 0. The molecule has 1 amide bonds. The Kier molecular flexibility index (Phi) is 6.47. The number of hydrogen-bond donors (Lipinski definition) is 1. The molecule has 1 fully saturated rings. The second-order valence-corrected chi connectivity index (χ2v) is 6.95. The molecular formula is C22H24NO4-. The van der Waals surface area contributed by atoms with Gasteiger partial charge in [0.05, 0.1) is 18.6 Å². The van der Waals surface area contributed by atoms with Crippen LogP contribution in [0.1, 0.15) is 49.3 Å². The molecular weight excluding hydrogens is 342 g/mol. The van der Waals surface area contributed by atoms with E-state index in [-0.39, 0.29) is 24.9 Å². The molecule has 0 aromatic heterocycles. The van der Waals surface area contributed by atoms with Crippen LogP contribution >= 0.6 is 0 Å². The number of benzene rings is 2. The highest BCUT2D eigenvalue weighted by atomic mass is 16.5. The topological polar surface area (TPSA) is 78.5 Å². The van der Waals surface area contributed by atoms with E-state index in [0.29, 0.717) is 0 Å². The molecule has 3 rings (SSSR count). The minimum Gasteiger partial charge on any atom is -0.550 e. The molecule has 0 unspecified atom stereocenters. The van der Waals surface area contributed by atoms with Gasteiger partial charge in [-0.15, -0.1) is 0 Å². The molecule has 0 saturated heterocycles. The van der Waals surface area contributed by atoms with Gasteiger partial charge < -0.3 is 20.0 Å². The highest BCUT2D eigenvalue weighted by Crippen LogP contribution is 2.26. The van der Waals surface area contributed by atoms with Crippen LogP contribution in [-0.2, 0) is 16.0 Å². The van der Waals surface area contributed by atoms with Gasteiger partial charge in [0.2, 0.25) is 5.91 Å². The van der Waals surface area contributed by atoms with Gasteiger partial charge in [-0.1, -0.05) is 42.5 Å². The molecule has 0 radical (unpaired) electrons. The van der Waals surface area contributed by atoms with E-state index in [4.69, 9.17) is 4.74 Å². The molecule has 142 valence electrons. The van der Waals surface area contributed by atoms with Gasteiger partial charge in [0.1, 0.15) is 5.75 Å². The summed E-state index contributed by atoms with van der Waals surface area (Å²) in [5, 5.41) is 13.9. The van der Waals surface area contributed by atoms with Gasteiger partial charge in [0.25, 0.3) is 0 Å².